The molecular formula is C12H24N2O. The van der Waals surface area contributed by atoms with Gasteiger partial charge in [-0.15, -0.1) is 0 Å². The van der Waals surface area contributed by atoms with E-state index >= 15 is 0 Å². The largest absolute Gasteiger partial charge is 0.396 e. The molecule has 0 bridgehead atoms. The van der Waals surface area contributed by atoms with Gasteiger partial charge in [0.25, 0.3) is 0 Å². The Labute approximate surface area is 93.5 Å². The van der Waals surface area contributed by atoms with E-state index in [2.05, 4.69) is 25.2 Å². The first-order valence-corrected chi connectivity index (χ1v) is 5.68. The Hall–Kier alpha value is -0.590. The van der Waals surface area contributed by atoms with Crippen LogP contribution in [0.25, 0.3) is 0 Å². The average molecular weight is 212 g/mol. The highest BCUT2D eigenvalue weighted by atomic mass is 16.3. The van der Waals surface area contributed by atoms with Crippen LogP contribution < -0.4 is 5.32 Å². The molecule has 0 radical (unpaired) electrons. The van der Waals surface area contributed by atoms with E-state index in [4.69, 9.17) is 10.4 Å². The van der Waals surface area contributed by atoms with Gasteiger partial charge in [-0.2, -0.15) is 5.26 Å². The Kier molecular flexibility index (Phi) is 6.55. The van der Waals surface area contributed by atoms with E-state index in [1.807, 2.05) is 13.8 Å². The smallest absolute Gasteiger partial charge is 0.0684 e. The fraction of sp³-hybridized carbons (Fsp3) is 0.917. The minimum Gasteiger partial charge on any atom is -0.396 e. The van der Waals surface area contributed by atoms with E-state index in [0.29, 0.717) is 12.0 Å². The van der Waals surface area contributed by atoms with Gasteiger partial charge >= 0.3 is 0 Å². The summed E-state index contributed by atoms with van der Waals surface area (Å²) in [5, 5.41) is 21.2. The zero-order chi connectivity index (χ0) is 11.9. The zero-order valence-electron chi connectivity index (χ0n) is 10.4. The number of aliphatic hydroxyl groups is 1. The van der Waals surface area contributed by atoms with E-state index in [1.165, 1.54) is 0 Å². The third kappa shape index (κ3) is 6.48. The lowest BCUT2D eigenvalue weighted by molar-refractivity contribution is 0.241. The van der Waals surface area contributed by atoms with Gasteiger partial charge in [-0.05, 0) is 39.2 Å². The van der Waals surface area contributed by atoms with Crippen molar-refractivity contribution in [3.05, 3.63) is 0 Å². The summed E-state index contributed by atoms with van der Waals surface area (Å²) in [4.78, 5) is 0. The van der Waals surface area contributed by atoms with E-state index < -0.39 is 0 Å². The summed E-state index contributed by atoms with van der Waals surface area (Å²) in [5.41, 5.74) is -0.256. The molecule has 0 aliphatic carbocycles. The van der Waals surface area contributed by atoms with Crippen LogP contribution in [0.5, 0.6) is 0 Å². The maximum atomic E-state index is 8.90. The van der Waals surface area contributed by atoms with Gasteiger partial charge in [0.05, 0.1) is 11.5 Å². The van der Waals surface area contributed by atoms with Gasteiger partial charge in [0.2, 0.25) is 0 Å². The van der Waals surface area contributed by atoms with Gasteiger partial charge in [0.15, 0.2) is 0 Å². The molecule has 0 aromatic carbocycles. The predicted octanol–water partition coefficient (Wildman–Crippen LogP) is 1.92. The van der Waals surface area contributed by atoms with E-state index in [1.54, 1.807) is 0 Å². The molecule has 0 saturated heterocycles. The van der Waals surface area contributed by atoms with Crippen molar-refractivity contribution in [2.45, 2.75) is 46.6 Å². The Morgan fingerprint density at radius 3 is 2.40 bits per heavy atom. The number of nitrogens with zero attached hydrogens (tertiary/aromatic N) is 1. The summed E-state index contributed by atoms with van der Waals surface area (Å²) in [5.74, 6) is 0.516. The zero-order valence-corrected chi connectivity index (χ0v) is 10.4. The van der Waals surface area contributed by atoms with Gasteiger partial charge in [-0.25, -0.2) is 0 Å². The van der Waals surface area contributed by atoms with Gasteiger partial charge < -0.3 is 10.4 Å². The number of hydrogen-bond acceptors (Lipinski definition) is 3. The van der Waals surface area contributed by atoms with Gasteiger partial charge in [-0.1, -0.05) is 13.8 Å². The molecule has 0 spiro atoms. The first-order valence-electron chi connectivity index (χ1n) is 5.68. The van der Waals surface area contributed by atoms with Crippen molar-refractivity contribution in [2.75, 3.05) is 13.2 Å². The van der Waals surface area contributed by atoms with Crippen molar-refractivity contribution in [1.82, 2.24) is 5.32 Å². The van der Waals surface area contributed by atoms with Crippen LogP contribution in [-0.4, -0.2) is 24.3 Å². The van der Waals surface area contributed by atoms with E-state index in [0.717, 1.165) is 19.4 Å². The lowest BCUT2D eigenvalue weighted by Crippen LogP contribution is -2.36. The minimum absolute atomic E-state index is 0.220. The molecule has 1 unspecified atom stereocenters. The molecule has 2 N–H and O–H groups in total. The number of aliphatic hydroxyl groups excluding tert-OH is 1. The second-order valence-corrected chi connectivity index (χ2v) is 5.06. The highest BCUT2D eigenvalue weighted by Gasteiger charge is 2.18. The van der Waals surface area contributed by atoms with Gasteiger partial charge in [0, 0.05) is 12.6 Å². The molecule has 3 heteroatoms. The summed E-state index contributed by atoms with van der Waals surface area (Å²) in [6.45, 7) is 9.24. The van der Waals surface area contributed by atoms with Crippen LogP contribution in [0.1, 0.15) is 40.5 Å². The fourth-order valence-corrected chi connectivity index (χ4v) is 1.44. The molecule has 0 rings (SSSR count). The van der Waals surface area contributed by atoms with Crippen LogP contribution in [0.3, 0.4) is 0 Å². The molecule has 0 heterocycles. The topological polar surface area (TPSA) is 56.0 Å². The van der Waals surface area contributed by atoms with Gasteiger partial charge in [-0.3, -0.25) is 0 Å². The standard InChI is InChI=1S/C12H24N2O/c1-10(2)11(5-8-15)14-7-6-12(3,4)9-13/h10-11,14-15H,5-8H2,1-4H3. The van der Waals surface area contributed by atoms with Crippen LogP contribution >= 0.6 is 0 Å². The van der Waals surface area contributed by atoms with Crippen LogP contribution in [0.2, 0.25) is 0 Å². The summed E-state index contributed by atoms with van der Waals surface area (Å²) < 4.78 is 0. The van der Waals surface area contributed by atoms with Crippen LogP contribution in [0, 0.1) is 22.7 Å². The molecule has 0 aromatic heterocycles. The van der Waals surface area contributed by atoms with Crippen molar-refractivity contribution < 1.29 is 5.11 Å². The van der Waals surface area contributed by atoms with Crippen LogP contribution in [0.15, 0.2) is 0 Å². The maximum absolute atomic E-state index is 8.90. The Morgan fingerprint density at radius 1 is 1.40 bits per heavy atom. The van der Waals surface area contributed by atoms with Gasteiger partial charge in [0.1, 0.15) is 0 Å². The molecule has 1 atom stereocenters. The summed E-state index contributed by atoms with van der Waals surface area (Å²) in [7, 11) is 0. The SMILES string of the molecule is CC(C)C(CCO)NCCC(C)(C)C#N. The molecule has 0 fully saturated rings. The van der Waals surface area contributed by atoms with Crippen molar-refractivity contribution in [3.8, 4) is 6.07 Å². The van der Waals surface area contributed by atoms with Crippen LogP contribution in [0.4, 0.5) is 0 Å². The molecule has 0 amide bonds. The molecule has 88 valence electrons. The maximum Gasteiger partial charge on any atom is 0.0684 e. The molecule has 0 aromatic rings. The first-order chi connectivity index (χ1) is 6.93. The third-order valence-electron chi connectivity index (χ3n) is 2.70. The number of hydrogen-bond donors (Lipinski definition) is 2. The number of nitriles is 1. The molecule has 0 aliphatic heterocycles. The lowest BCUT2D eigenvalue weighted by Gasteiger charge is -2.23. The quantitative estimate of drug-likeness (QED) is 0.678. The summed E-state index contributed by atoms with van der Waals surface area (Å²) in [6, 6.07) is 2.64. The Morgan fingerprint density at radius 2 is 2.00 bits per heavy atom. The molecule has 15 heavy (non-hydrogen) atoms. The average Bonchev–Trinajstić information content (AvgIpc) is 2.16. The third-order valence-corrected chi connectivity index (χ3v) is 2.70. The summed E-state index contributed by atoms with van der Waals surface area (Å²) >= 11 is 0. The monoisotopic (exact) mass is 212 g/mol. The molecule has 0 saturated carbocycles. The minimum atomic E-state index is -0.256. The highest BCUT2D eigenvalue weighted by molar-refractivity contribution is 4.92. The highest BCUT2D eigenvalue weighted by Crippen LogP contribution is 2.17. The predicted molar refractivity (Wildman–Crippen MR) is 62.3 cm³/mol. The molecule has 0 aliphatic rings. The Bertz CT molecular complexity index is 206. The number of nitrogens with one attached hydrogen (secondary N) is 1. The van der Waals surface area contributed by atoms with Crippen molar-refractivity contribution in [2.24, 2.45) is 11.3 Å². The first kappa shape index (κ1) is 14.4. The molecular weight excluding hydrogens is 188 g/mol. The fourth-order valence-electron chi connectivity index (χ4n) is 1.44. The summed E-state index contributed by atoms with van der Waals surface area (Å²) in [6.07, 6.45) is 1.63. The second-order valence-electron chi connectivity index (χ2n) is 5.06. The second kappa shape index (κ2) is 6.81. The van der Waals surface area contributed by atoms with Crippen LogP contribution in [-0.2, 0) is 0 Å². The normalized spacial score (nSPS) is 13.9. The van der Waals surface area contributed by atoms with Crippen molar-refractivity contribution in [1.29, 1.82) is 5.26 Å². The number of rotatable bonds is 7. The molecule has 3 nitrogen and oxygen atoms in total. The Balaban J connectivity index is 3.87. The van der Waals surface area contributed by atoms with E-state index in [-0.39, 0.29) is 12.0 Å². The lowest BCUT2D eigenvalue weighted by atomic mass is 9.91. The van der Waals surface area contributed by atoms with Crippen molar-refractivity contribution in [3.63, 3.8) is 0 Å². The van der Waals surface area contributed by atoms with E-state index in [9.17, 15) is 0 Å². The van der Waals surface area contributed by atoms with Crippen molar-refractivity contribution >= 4 is 0 Å².